The third-order valence-corrected chi connectivity index (χ3v) is 6.38. The van der Waals surface area contributed by atoms with Gasteiger partial charge in [0.25, 0.3) is 0 Å². The summed E-state index contributed by atoms with van der Waals surface area (Å²) in [6.07, 6.45) is 8.07. The molecule has 0 aromatic carbocycles. The van der Waals surface area contributed by atoms with Crippen molar-refractivity contribution in [2.75, 3.05) is 26.2 Å². The number of hydrogen-bond acceptors (Lipinski definition) is 3. The van der Waals surface area contributed by atoms with Gasteiger partial charge in [-0.25, -0.2) is 0 Å². The SMILES string of the molecule is Cc1cc(C)n([C@H]2CCN(C(=O)C3(N4CCCC4)CCCC3)C2)n1. The van der Waals surface area contributed by atoms with Gasteiger partial charge in [-0.1, -0.05) is 12.8 Å². The molecule has 1 atom stereocenters. The number of aryl methyl sites for hydroxylation is 2. The lowest BCUT2D eigenvalue weighted by molar-refractivity contribution is -0.143. The highest BCUT2D eigenvalue weighted by Gasteiger charge is 2.49. The van der Waals surface area contributed by atoms with Crippen molar-refractivity contribution in [3.05, 3.63) is 17.5 Å². The molecule has 1 amide bonds. The van der Waals surface area contributed by atoms with Crippen LogP contribution < -0.4 is 0 Å². The van der Waals surface area contributed by atoms with Gasteiger partial charge in [-0.15, -0.1) is 0 Å². The lowest BCUT2D eigenvalue weighted by Gasteiger charge is -2.40. The maximum Gasteiger partial charge on any atom is 0.243 e. The molecule has 1 aromatic heterocycles. The van der Waals surface area contributed by atoms with Crippen LogP contribution in [-0.4, -0.2) is 57.2 Å². The molecule has 1 saturated carbocycles. The van der Waals surface area contributed by atoms with Crippen LogP contribution in [0.1, 0.15) is 62.4 Å². The summed E-state index contributed by atoms with van der Waals surface area (Å²) in [5.74, 6) is 0.408. The van der Waals surface area contributed by atoms with Crippen molar-refractivity contribution in [2.24, 2.45) is 0 Å². The zero-order valence-electron chi connectivity index (χ0n) is 15.1. The first-order valence-electron chi connectivity index (χ1n) is 9.67. The van der Waals surface area contributed by atoms with E-state index in [0.29, 0.717) is 11.9 Å². The zero-order valence-corrected chi connectivity index (χ0v) is 15.1. The average molecular weight is 330 g/mol. The van der Waals surface area contributed by atoms with Crippen molar-refractivity contribution >= 4 is 5.91 Å². The van der Waals surface area contributed by atoms with Gasteiger partial charge in [-0.05, 0) is 65.1 Å². The van der Waals surface area contributed by atoms with Crippen molar-refractivity contribution < 1.29 is 4.79 Å². The number of amides is 1. The molecule has 0 bridgehead atoms. The standard InChI is InChI=1S/C19H30N4O/c1-15-13-16(2)23(20-15)17-7-12-21(14-17)18(24)19(8-3-4-9-19)22-10-5-6-11-22/h13,17H,3-12,14H2,1-2H3/t17-/m0/s1. The Labute approximate surface area is 145 Å². The number of aromatic nitrogens is 2. The van der Waals surface area contributed by atoms with Crippen molar-refractivity contribution in [3.8, 4) is 0 Å². The van der Waals surface area contributed by atoms with Crippen LogP contribution in [0, 0.1) is 13.8 Å². The first kappa shape index (κ1) is 16.1. The summed E-state index contributed by atoms with van der Waals surface area (Å²) in [4.78, 5) is 18.1. The fraction of sp³-hybridized carbons (Fsp3) is 0.789. The van der Waals surface area contributed by atoms with E-state index in [-0.39, 0.29) is 5.54 Å². The fourth-order valence-electron chi connectivity index (χ4n) is 5.21. The van der Waals surface area contributed by atoms with E-state index in [0.717, 1.165) is 51.1 Å². The zero-order chi connectivity index (χ0) is 16.7. The summed E-state index contributed by atoms with van der Waals surface area (Å²) < 4.78 is 2.14. The third kappa shape index (κ3) is 2.57. The van der Waals surface area contributed by atoms with Crippen LogP contribution in [0.4, 0.5) is 0 Å². The van der Waals surface area contributed by atoms with E-state index in [1.54, 1.807) is 0 Å². The quantitative estimate of drug-likeness (QED) is 0.856. The fourth-order valence-corrected chi connectivity index (χ4v) is 5.21. The van der Waals surface area contributed by atoms with Gasteiger partial charge in [0, 0.05) is 18.8 Å². The van der Waals surface area contributed by atoms with Gasteiger partial charge in [0.1, 0.15) is 5.54 Å². The number of carbonyl (C=O) groups is 1. The van der Waals surface area contributed by atoms with Gasteiger partial charge in [0.15, 0.2) is 0 Å². The Kier molecular flexibility index (Phi) is 4.15. The molecule has 5 heteroatoms. The van der Waals surface area contributed by atoms with Gasteiger partial charge in [-0.3, -0.25) is 14.4 Å². The lowest BCUT2D eigenvalue weighted by Crippen LogP contribution is -2.57. The maximum atomic E-state index is 13.5. The van der Waals surface area contributed by atoms with Gasteiger partial charge in [0.05, 0.1) is 11.7 Å². The molecule has 3 aliphatic rings. The Morgan fingerprint density at radius 3 is 2.46 bits per heavy atom. The van der Waals surface area contributed by atoms with Crippen LogP contribution in [0.5, 0.6) is 0 Å². The van der Waals surface area contributed by atoms with Crippen molar-refractivity contribution in [3.63, 3.8) is 0 Å². The molecule has 0 N–H and O–H groups in total. The van der Waals surface area contributed by atoms with Crippen molar-refractivity contribution in [1.29, 1.82) is 0 Å². The molecule has 3 fully saturated rings. The average Bonchev–Trinajstić information content (AvgIpc) is 3.34. The first-order chi connectivity index (χ1) is 11.6. The number of rotatable bonds is 3. The molecular formula is C19H30N4O. The molecule has 1 aliphatic carbocycles. The third-order valence-electron chi connectivity index (χ3n) is 6.38. The number of likely N-dealkylation sites (tertiary alicyclic amines) is 2. The van der Waals surface area contributed by atoms with Crippen LogP contribution in [0.15, 0.2) is 6.07 Å². The van der Waals surface area contributed by atoms with Gasteiger partial charge < -0.3 is 4.90 Å². The van der Waals surface area contributed by atoms with E-state index >= 15 is 0 Å². The Balaban J connectivity index is 1.51. The summed E-state index contributed by atoms with van der Waals surface area (Å²) in [5, 5.41) is 4.65. The summed E-state index contributed by atoms with van der Waals surface area (Å²) in [6.45, 7) is 8.10. The van der Waals surface area contributed by atoms with E-state index in [1.807, 2.05) is 6.92 Å². The Morgan fingerprint density at radius 2 is 1.83 bits per heavy atom. The Hall–Kier alpha value is -1.36. The number of carbonyl (C=O) groups excluding carboxylic acids is 1. The van der Waals surface area contributed by atoms with Crippen LogP contribution in [0.3, 0.4) is 0 Å². The van der Waals surface area contributed by atoms with E-state index in [1.165, 1.54) is 31.4 Å². The molecule has 5 nitrogen and oxygen atoms in total. The molecule has 2 saturated heterocycles. The highest BCUT2D eigenvalue weighted by molar-refractivity contribution is 5.87. The van der Waals surface area contributed by atoms with E-state index in [2.05, 4.69) is 32.6 Å². The molecule has 4 rings (SSSR count). The summed E-state index contributed by atoms with van der Waals surface area (Å²) >= 11 is 0. The first-order valence-corrected chi connectivity index (χ1v) is 9.67. The predicted octanol–water partition coefficient (Wildman–Crippen LogP) is 2.68. The molecular weight excluding hydrogens is 300 g/mol. The van der Waals surface area contributed by atoms with Crippen molar-refractivity contribution in [1.82, 2.24) is 19.6 Å². The largest absolute Gasteiger partial charge is 0.339 e. The summed E-state index contributed by atoms with van der Waals surface area (Å²) in [5.41, 5.74) is 2.10. The highest BCUT2D eigenvalue weighted by atomic mass is 16.2. The normalized spacial score (nSPS) is 27.2. The predicted molar refractivity (Wildman–Crippen MR) is 93.9 cm³/mol. The monoisotopic (exact) mass is 330 g/mol. The Morgan fingerprint density at radius 1 is 1.12 bits per heavy atom. The molecule has 0 spiro atoms. The molecule has 3 heterocycles. The minimum absolute atomic E-state index is 0.180. The molecule has 132 valence electrons. The second-order valence-electron chi connectivity index (χ2n) is 8.00. The van der Waals surface area contributed by atoms with Crippen molar-refractivity contribution in [2.45, 2.75) is 70.4 Å². The molecule has 0 radical (unpaired) electrons. The second-order valence-corrected chi connectivity index (χ2v) is 8.00. The highest BCUT2D eigenvalue weighted by Crippen LogP contribution is 2.40. The number of nitrogens with zero attached hydrogens (tertiary/aromatic N) is 4. The van der Waals surface area contributed by atoms with E-state index in [9.17, 15) is 4.79 Å². The number of hydrogen-bond donors (Lipinski definition) is 0. The van der Waals surface area contributed by atoms with Crippen LogP contribution >= 0.6 is 0 Å². The summed E-state index contributed by atoms with van der Waals surface area (Å²) in [6, 6.07) is 2.48. The van der Waals surface area contributed by atoms with Crippen LogP contribution in [0.25, 0.3) is 0 Å². The van der Waals surface area contributed by atoms with E-state index in [4.69, 9.17) is 0 Å². The lowest BCUT2D eigenvalue weighted by atomic mass is 9.93. The van der Waals surface area contributed by atoms with Gasteiger partial charge >= 0.3 is 0 Å². The Bertz CT molecular complexity index is 611. The van der Waals surface area contributed by atoms with Crippen LogP contribution in [-0.2, 0) is 4.79 Å². The smallest absolute Gasteiger partial charge is 0.243 e. The van der Waals surface area contributed by atoms with Gasteiger partial charge in [0.2, 0.25) is 5.91 Å². The minimum Gasteiger partial charge on any atom is -0.339 e. The maximum absolute atomic E-state index is 13.5. The minimum atomic E-state index is -0.180. The molecule has 1 aromatic rings. The van der Waals surface area contributed by atoms with E-state index < -0.39 is 0 Å². The second kappa shape index (κ2) is 6.17. The molecule has 24 heavy (non-hydrogen) atoms. The molecule has 0 unspecified atom stereocenters. The van der Waals surface area contributed by atoms with Crippen LogP contribution in [0.2, 0.25) is 0 Å². The van der Waals surface area contributed by atoms with Gasteiger partial charge in [-0.2, -0.15) is 5.10 Å². The topological polar surface area (TPSA) is 41.4 Å². The molecule has 2 aliphatic heterocycles. The summed E-state index contributed by atoms with van der Waals surface area (Å²) in [7, 11) is 0.